The number of anilines is 1. The third kappa shape index (κ3) is 3.85. The highest BCUT2D eigenvalue weighted by atomic mass is 32.2. The van der Waals surface area contributed by atoms with Crippen LogP contribution in [0.5, 0.6) is 5.75 Å². The van der Waals surface area contributed by atoms with Crippen molar-refractivity contribution in [3.63, 3.8) is 0 Å². The maximum atomic E-state index is 11.8. The first-order valence-corrected chi connectivity index (χ1v) is 7.97. The van der Waals surface area contributed by atoms with Crippen LogP contribution in [-0.2, 0) is 14.6 Å². The Morgan fingerprint density at radius 2 is 2.21 bits per heavy atom. The zero-order valence-corrected chi connectivity index (χ0v) is 11.4. The fourth-order valence-corrected chi connectivity index (χ4v) is 2.21. The van der Waals surface area contributed by atoms with Gasteiger partial charge >= 0.3 is 0 Å². The summed E-state index contributed by atoms with van der Waals surface area (Å²) in [5.41, 5.74) is 0.850. The largest absolute Gasteiger partial charge is 0.477 e. The molecule has 0 saturated carbocycles. The number of nitrogens with one attached hydrogen (secondary N) is 2. The summed E-state index contributed by atoms with van der Waals surface area (Å²) in [4.78, 5) is 11.8. The first kappa shape index (κ1) is 13.7. The van der Waals surface area contributed by atoms with Gasteiger partial charge in [-0.1, -0.05) is 12.1 Å². The lowest BCUT2D eigenvalue weighted by Crippen LogP contribution is -2.45. The summed E-state index contributed by atoms with van der Waals surface area (Å²) in [5.74, 6) is 0.234. The highest BCUT2D eigenvalue weighted by Gasteiger charge is 2.25. The van der Waals surface area contributed by atoms with Gasteiger partial charge in [0.15, 0.2) is 6.10 Å². The molecule has 0 radical (unpaired) electrons. The molecule has 1 aliphatic heterocycles. The third-order valence-corrected chi connectivity index (χ3v) is 3.64. The summed E-state index contributed by atoms with van der Waals surface area (Å²) in [6, 6.07) is 7.34. The van der Waals surface area contributed by atoms with Crippen LogP contribution in [0.2, 0.25) is 0 Å². The first-order chi connectivity index (χ1) is 8.96. The van der Waals surface area contributed by atoms with E-state index in [9.17, 15) is 13.2 Å². The summed E-state index contributed by atoms with van der Waals surface area (Å²) in [6.07, 6.45) is 0.489. The summed E-state index contributed by atoms with van der Waals surface area (Å²) in [6.45, 7) is 0.459. The monoisotopic (exact) mass is 284 g/mol. The number of fused-ring (bicyclic) bond motifs is 1. The Bertz CT molecular complexity index is 571. The van der Waals surface area contributed by atoms with Crippen LogP contribution in [0.1, 0.15) is 0 Å². The van der Waals surface area contributed by atoms with Crippen LogP contribution in [-0.4, -0.2) is 45.5 Å². The SMILES string of the molecule is CS(=O)(=O)CCNC(=O)C1CNc2ccccc2O1. The van der Waals surface area contributed by atoms with Gasteiger partial charge in [-0.25, -0.2) is 8.42 Å². The number of hydrogen-bond donors (Lipinski definition) is 2. The second-order valence-electron chi connectivity index (χ2n) is 4.40. The molecule has 2 N–H and O–H groups in total. The highest BCUT2D eigenvalue weighted by molar-refractivity contribution is 7.90. The van der Waals surface area contributed by atoms with Gasteiger partial charge in [-0.15, -0.1) is 0 Å². The Morgan fingerprint density at radius 1 is 1.47 bits per heavy atom. The lowest BCUT2D eigenvalue weighted by atomic mass is 10.2. The minimum absolute atomic E-state index is 0.0739. The second-order valence-corrected chi connectivity index (χ2v) is 6.66. The van der Waals surface area contributed by atoms with Gasteiger partial charge in [0.25, 0.3) is 5.91 Å². The quantitative estimate of drug-likeness (QED) is 0.814. The van der Waals surface area contributed by atoms with Crippen molar-refractivity contribution in [1.82, 2.24) is 5.32 Å². The average molecular weight is 284 g/mol. The van der Waals surface area contributed by atoms with E-state index in [1.54, 1.807) is 6.07 Å². The van der Waals surface area contributed by atoms with E-state index in [1.807, 2.05) is 18.2 Å². The predicted molar refractivity (Wildman–Crippen MR) is 72.1 cm³/mol. The molecule has 0 aromatic heterocycles. The lowest BCUT2D eigenvalue weighted by molar-refractivity contribution is -0.127. The van der Waals surface area contributed by atoms with Crippen LogP contribution in [0.3, 0.4) is 0 Å². The van der Waals surface area contributed by atoms with E-state index >= 15 is 0 Å². The average Bonchev–Trinajstić information content (AvgIpc) is 2.36. The molecule has 0 spiro atoms. The predicted octanol–water partition coefficient (Wildman–Crippen LogP) is 0.0203. The molecule has 1 atom stereocenters. The summed E-state index contributed by atoms with van der Waals surface area (Å²) >= 11 is 0. The molecule has 1 unspecified atom stereocenters. The van der Waals surface area contributed by atoms with Crippen molar-refractivity contribution in [3.05, 3.63) is 24.3 Å². The number of carbonyl (C=O) groups is 1. The van der Waals surface area contributed by atoms with Gasteiger partial charge in [0.2, 0.25) is 0 Å². The molecule has 0 aliphatic carbocycles. The van der Waals surface area contributed by atoms with Gasteiger partial charge in [-0.3, -0.25) is 4.79 Å². The number of para-hydroxylation sites is 2. The van der Waals surface area contributed by atoms with Gasteiger partial charge in [0.1, 0.15) is 15.6 Å². The molecular weight excluding hydrogens is 268 g/mol. The molecule has 1 aliphatic rings. The molecule has 0 saturated heterocycles. The smallest absolute Gasteiger partial charge is 0.262 e. The van der Waals surface area contributed by atoms with Crippen molar-refractivity contribution in [2.75, 3.05) is 30.4 Å². The summed E-state index contributed by atoms with van der Waals surface area (Å²) in [7, 11) is -3.07. The van der Waals surface area contributed by atoms with E-state index in [2.05, 4.69) is 10.6 Å². The van der Waals surface area contributed by atoms with Crippen LogP contribution in [0.25, 0.3) is 0 Å². The van der Waals surface area contributed by atoms with Crippen LogP contribution < -0.4 is 15.4 Å². The molecular formula is C12H16N2O4S. The lowest BCUT2D eigenvalue weighted by Gasteiger charge is -2.26. The molecule has 6 nitrogen and oxygen atoms in total. The number of ether oxygens (including phenoxy) is 1. The first-order valence-electron chi connectivity index (χ1n) is 5.91. The van der Waals surface area contributed by atoms with Crippen molar-refractivity contribution < 1.29 is 17.9 Å². The Hall–Kier alpha value is -1.76. The second kappa shape index (κ2) is 5.48. The Kier molecular flexibility index (Phi) is 3.94. The number of amides is 1. The topological polar surface area (TPSA) is 84.5 Å². The highest BCUT2D eigenvalue weighted by Crippen LogP contribution is 2.27. The van der Waals surface area contributed by atoms with Gasteiger partial charge < -0.3 is 15.4 Å². The van der Waals surface area contributed by atoms with Gasteiger partial charge in [0.05, 0.1) is 18.0 Å². The van der Waals surface area contributed by atoms with E-state index in [-0.39, 0.29) is 18.2 Å². The third-order valence-electron chi connectivity index (χ3n) is 2.70. The van der Waals surface area contributed by atoms with Crippen molar-refractivity contribution in [2.45, 2.75) is 6.10 Å². The summed E-state index contributed by atoms with van der Waals surface area (Å²) < 4.78 is 27.5. The molecule has 2 rings (SSSR count). The van der Waals surface area contributed by atoms with E-state index in [0.29, 0.717) is 12.3 Å². The minimum atomic E-state index is -3.07. The fraction of sp³-hybridized carbons (Fsp3) is 0.417. The summed E-state index contributed by atoms with van der Waals surface area (Å²) in [5, 5.41) is 5.65. The molecule has 1 aromatic rings. The van der Waals surface area contributed by atoms with Crippen molar-refractivity contribution in [2.24, 2.45) is 0 Å². The Balaban J connectivity index is 1.89. The molecule has 19 heavy (non-hydrogen) atoms. The van der Waals surface area contributed by atoms with Gasteiger partial charge in [0, 0.05) is 12.8 Å². The van der Waals surface area contributed by atoms with Crippen LogP contribution in [0, 0.1) is 0 Å². The van der Waals surface area contributed by atoms with E-state index in [1.165, 1.54) is 0 Å². The molecule has 7 heteroatoms. The maximum absolute atomic E-state index is 11.8. The van der Waals surface area contributed by atoms with Crippen LogP contribution >= 0.6 is 0 Å². The normalized spacial score (nSPS) is 17.8. The molecule has 104 valence electrons. The number of carbonyl (C=O) groups excluding carboxylic acids is 1. The number of rotatable bonds is 4. The molecule has 0 bridgehead atoms. The van der Waals surface area contributed by atoms with E-state index in [0.717, 1.165) is 11.9 Å². The molecule has 1 aromatic carbocycles. The fourth-order valence-electron chi connectivity index (χ4n) is 1.73. The van der Waals surface area contributed by atoms with Crippen LogP contribution in [0.4, 0.5) is 5.69 Å². The minimum Gasteiger partial charge on any atom is -0.477 e. The van der Waals surface area contributed by atoms with Crippen LogP contribution in [0.15, 0.2) is 24.3 Å². The molecule has 1 amide bonds. The zero-order chi connectivity index (χ0) is 13.9. The van der Waals surface area contributed by atoms with E-state index < -0.39 is 15.9 Å². The number of hydrogen-bond acceptors (Lipinski definition) is 5. The van der Waals surface area contributed by atoms with Crippen molar-refractivity contribution >= 4 is 21.4 Å². The maximum Gasteiger partial charge on any atom is 0.262 e. The van der Waals surface area contributed by atoms with Gasteiger partial charge in [-0.05, 0) is 12.1 Å². The van der Waals surface area contributed by atoms with Gasteiger partial charge in [-0.2, -0.15) is 0 Å². The Labute approximate surface area is 112 Å². The van der Waals surface area contributed by atoms with Crippen molar-refractivity contribution in [1.29, 1.82) is 0 Å². The molecule has 0 fully saturated rings. The molecule has 1 heterocycles. The van der Waals surface area contributed by atoms with Crippen molar-refractivity contribution in [3.8, 4) is 5.75 Å². The standard InChI is InChI=1S/C12H16N2O4S/c1-19(16,17)7-6-13-12(15)11-8-14-9-4-2-3-5-10(9)18-11/h2-5,11,14H,6-8H2,1H3,(H,13,15). The number of benzene rings is 1. The number of sulfone groups is 1. The van der Waals surface area contributed by atoms with E-state index in [4.69, 9.17) is 4.74 Å². The Morgan fingerprint density at radius 3 is 2.95 bits per heavy atom. The zero-order valence-electron chi connectivity index (χ0n) is 10.5.